The summed E-state index contributed by atoms with van der Waals surface area (Å²) in [4.78, 5) is 13.9. The number of fused-ring (bicyclic) bond motifs is 3. The van der Waals surface area contributed by atoms with Gasteiger partial charge in [-0.15, -0.1) is 0 Å². The van der Waals surface area contributed by atoms with Gasteiger partial charge >= 0.3 is 0 Å². The minimum absolute atomic E-state index is 0.0873. The molecule has 0 saturated heterocycles. The molecule has 1 heterocycles. The third-order valence-electron chi connectivity index (χ3n) is 4.07. The smallest absolute Gasteiger partial charge is 0.242 e. The van der Waals surface area contributed by atoms with Crippen LogP contribution in [0, 0.1) is 6.92 Å². The molecule has 1 aromatic heterocycles. The second kappa shape index (κ2) is 5.34. The molecule has 0 fully saturated rings. The third-order valence-corrected chi connectivity index (χ3v) is 4.07. The lowest BCUT2D eigenvalue weighted by Crippen LogP contribution is -2.26. The van der Waals surface area contributed by atoms with Crippen LogP contribution in [-0.4, -0.2) is 29.5 Å². The number of hydrogen-bond donors (Lipinski definition) is 0. The Kier molecular flexibility index (Phi) is 3.49. The zero-order chi connectivity index (χ0) is 15.9. The molecule has 22 heavy (non-hydrogen) atoms. The zero-order valence-corrected chi connectivity index (χ0v) is 13.3. The van der Waals surface area contributed by atoms with Crippen molar-refractivity contribution >= 4 is 33.8 Å². The van der Waals surface area contributed by atoms with Gasteiger partial charge in [-0.1, -0.05) is 36.9 Å². The van der Waals surface area contributed by atoms with Crippen molar-refractivity contribution in [3.05, 3.63) is 54.1 Å². The van der Waals surface area contributed by atoms with Crippen molar-refractivity contribution in [1.82, 2.24) is 9.47 Å². The van der Waals surface area contributed by atoms with Crippen molar-refractivity contribution in [2.75, 3.05) is 14.1 Å². The SMILES string of the molecule is C=Cc1ccc2c3ccc(C)cc3n(CC(=O)N(C)C)c2c1. The highest BCUT2D eigenvalue weighted by Gasteiger charge is 2.14. The van der Waals surface area contributed by atoms with Crippen LogP contribution in [0.3, 0.4) is 0 Å². The Labute approximate surface area is 130 Å². The molecule has 0 atom stereocenters. The van der Waals surface area contributed by atoms with Gasteiger partial charge in [-0.3, -0.25) is 4.79 Å². The molecule has 3 nitrogen and oxygen atoms in total. The molecule has 0 N–H and O–H groups in total. The van der Waals surface area contributed by atoms with E-state index in [1.165, 1.54) is 16.3 Å². The first kappa shape index (κ1) is 14.4. The van der Waals surface area contributed by atoms with E-state index in [0.717, 1.165) is 16.6 Å². The standard InChI is InChI=1S/C19H20N2O/c1-5-14-7-9-16-15-8-6-13(2)10-17(15)21(18(16)11-14)12-19(22)20(3)4/h5-11H,1,12H2,2-4H3. The van der Waals surface area contributed by atoms with E-state index in [-0.39, 0.29) is 5.91 Å². The highest BCUT2D eigenvalue weighted by Crippen LogP contribution is 2.30. The second-order valence-corrected chi connectivity index (χ2v) is 5.88. The van der Waals surface area contributed by atoms with Gasteiger partial charge in [0.1, 0.15) is 6.54 Å². The molecule has 0 aliphatic rings. The number of aromatic nitrogens is 1. The topological polar surface area (TPSA) is 25.2 Å². The van der Waals surface area contributed by atoms with Crippen molar-refractivity contribution < 1.29 is 4.79 Å². The summed E-state index contributed by atoms with van der Waals surface area (Å²) in [6.45, 7) is 6.26. The number of nitrogens with zero attached hydrogens (tertiary/aromatic N) is 2. The Balaban J connectivity index is 2.34. The number of likely N-dealkylation sites (N-methyl/N-ethyl adjacent to an activating group) is 1. The average molecular weight is 292 g/mol. The number of amides is 1. The molecule has 1 amide bonds. The van der Waals surface area contributed by atoms with E-state index in [9.17, 15) is 4.79 Å². The molecule has 0 saturated carbocycles. The Morgan fingerprint density at radius 1 is 1.14 bits per heavy atom. The molecule has 0 radical (unpaired) electrons. The summed E-state index contributed by atoms with van der Waals surface area (Å²) >= 11 is 0. The summed E-state index contributed by atoms with van der Waals surface area (Å²) < 4.78 is 2.10. The molecule has 3 heteroatoms. The first-order chi connectivity index (χ1) is 10.5. The fourth-order valence-corrected chi connectivity index (χ4v) is 2.80. The van der Waals surface area contributed by atoms with Gasteiger partial charge in [0.15, 0.2) is 0 Å². The summed E-state index contributed by atoms with van der Waals surface area (Å²) in [6, 6.07) is 12.7. The van der Waals surface area contributed by atoms with E-state index >= 15 is 0 Å². The van der Waals surface area contributed by atoms with E-state index in [1.807, 2.05) is 6.08 Å². The highest BCUT2D eigenvalue weighted by atomic mass is 16.2. The van der Waals surface area contributed by atoms with Crippen LogP contribution in [0.4, 0.5) is 0 Å². The summed E-state index contributed by atoms with van der Waals surface area (Å²) in [5.74, 6) is 0.0873. The van der Waals surface area contributed by atoms with Gasteiger partial charge in [0, 0.05) is 30.4 Å². The molecule has 0 aliphatic heterocycles. The molecular weight excluding hydrogens is 272 g/mol. The van der Waals surface area contributed by atoms with Crippen LogP contribution in [-0.2, 0) is 11.3 Å². The van der Waals surface area contributed by atoms with Crippen LogP contribution in [0.25, 0.3) is 27.9 Å². The molecule has 0 unspecified atom stereocenters. The Morgan fingerprint density at radius 3 is 2.41 bits per heavy atom. The molecule has 3 rings (SSSR count). The minimum atomic E-state index is 0.0873. The highest BCUT2D eigenvalue weighted by molar-refractivity contribution is 6.09. The predicted octanol–water partition coefficient (Wildman–Crippen LogP) is 3.83. The van der Waals surface area contributed by atoms with Crippen molar-refractivity contribution in [2.45, 2.75) is 13.5 Å². The van der Waals surface area contributed by atoms with E-state index in [1.54, 1.807) is 19.0 Å². The first-order valence-electron chi connectivity index (χ1n) is 7.36. The maximum Gasteiger partial charge on any atom is 0.242 e. The van der Waals surface area contributed by atoms with Crippen LogP contribution < -0.4 is 0 Å². The van der Waals surface area contributed by atoms with Crippen molar-refractivity contribution in [3.63, 3.8) is 0 Å². The van der Waals surface area contributed by atoms with Crippen LogP contribution in [0.5, 0.6) is 0 Å². The summed E-state index contributed by atoms with van der Waals surface area (Å²) in [5.41, 5.74) is 4.43. The number of benzene rings is 2. The number of hydrogen-bond acceptors (Lipinski definition) is 1. The normalized spacial score (nSPS) is 11.0. The van der Waals surface area contributed by atoms with E-state index in [0.29, 0.717) is 6.54 Å². The lowest BCUT2D eigenvalue weighted by atomic mass is 10.1. The zero-order valence-electron chi connectivity index (χ0n) is 13.3. The average Bonchev–Trinajstić information content (AvgIpc) is 2.80. The number of carbonyl (C=O) groups is 1. The molecular formula is C19H20N2O. The van der Waals surface area contributed by atoms with Crippen molar-refractivity contribution in [1.29, 1.82) is 0 Å². The molecule has 0 aliphatic carbocycles. The molecule has 0 spiro atoms. The van der Waals surface area contributed by atoms with Gasteiger partial charge in [-0.05, 0) is 30.2 Å². The predicted molar refractivity (Wildman–Crippen MR) is 93.0 cm³/mol. The Bertz CT molecular complexity index is 887. The minimum Gasteiger partial charge on any atom is -0.347 e. The van der Waals surface area contributed by atoms with Gasteiger partial charge in [0.2, 0.25) is 5.91 Å². The molecule has 3 aromatic rings. The van der Waals surface area contributed by atoms with Crippen LogP contribution in [0.15, 0.2) is 43.0 Å². The maximum absolute atomic E-state index is 12.2. The van der Waals surface area contributed by atoms with Gasteiger partial charge in [0.25, 0.3) is 0 Å². The lowest BCUT2D eigenvalue weighted by Gasteiger charge is -2.13. The van der Waals surface area contributed by atoms with E-state index in [4.69, 9.17) is 0 Å². The quantitative estimate of drug-likeness (QED) is 0.720. The monoisotopic (exact) mass is 292 g/mol. The van der Waals surface area contributed by atoms with E-state index < -0.39 is 0 Å². The largest absolute Gasteiger partial charge is 0.347 e. The molecule has 0 bridgehead atoms. The fourth-order valence-electron chi connectivity index (χ4n) is 2.80. The van der Waals surface area contributed by atoms with Gasteiger partial charge in [0.05, 0.1) is 5.52 Å². The maximum atomic E-state index is 12.2. The van der Waals surface area contributed by atoms with E-state index in [2.05, 4.69) is 54.5 Å². The summed E-state index contributed by atoms with van der Waals surface area (Å²) in [7, 11) is 3.58. The summed E-state index contributed by atoms with van der Waals surface area (Å²) in [6.07, 6.45) is 1.83. The Morgan fingerprint density at radius 2 is 1.77 bits per heavy atom. The number of carbonyl (C=O) groups excluding carboxylic acids is 1. The first-order valence-corrected chi connectivity index (χ1v) is 7.36. The lowest BCUT2D eigenvalue weighted by molar-refractivity contribution is -0.129. The number of rotatable bonds is 3. The van der Waals surface area contributed by atoms with Gasteiger partial charge in [-0.25, -0.2) is 0 Å². The van der Waals surface area contributed by atoms with Crippen LogP contribution in [0.1, 0.15) is 11.1 Å². The molecule has 2 aromatic carbocycles. The second-order valence-electron chi connectivity index (χ2n) is 5.88. The summed E-state index contributed by atoms with van der Waals surface area (Å²) in [5, 5.41) is 2.36. The van der Waals surface area contributed by atoms with Crippen LogP contribution >= 0.6 is 0 Å². The third kappa shape index (κ3) is 2.29. The fraction of sp³-hybridized carbons (Fsp3) is 0.211. The van der Waals surface area contributed by atoms with Gasteiger partial charge in [-0.2, -0.15) is 0 Å². The number of aryl methyl sites for hydroxylation is 1. The van der Waals surface area contributed by atoms with Crippen molar-refractivity contribution in [3.8, 4) is 0 Å². The Hall–Kier alpha value is -2.55. The molecule has 112 valence electrons. The van der Waals surface area contributed by atoms with Crippen molar-refractivity contribution in [2.24, 2.45) is 0 Å². The van der Waals surface area contributed by atoms with Crippen LogP contribution in [0.2, 0.25) is 0 Å². The van der Waals surface area contributed by atoms with Gasteiger partial charge < -0.3 is 9.47 Å².